The van der Waals surface area contributed by atoms with Crippen molar-refractivity contribution >= 4 is 77.1 Å². The van der Waals surface area contributed by atoms with Crippen LogP contribution in [0.1, 0.15) is 37.2 Å². The normalized spacial score (nSPS) is 26.2. The highest BCUT2D eigenvalue weighted by molar-refractivity contribution is 9.13. The molecule has 1 aromatic rings. The number of nitrogens with zero attached hydrogens (tertiary/aromatic N) is 1. The van der Waals surface area contributed by atoms with Crippen LogP contribution < -0.4 is 4.74 Å². The van der Waals surface area contributed by atoms with E-state index in [4.69, 9.17) is 9.84 Å². The molecule has 3 aliphatic carbocycles. The first-order valence-electron chi connectivity index (χ1n) is 12.2. The van der Waals surface area contributed by atoms with E-state index in [-0.39, 0.29) is 77.2 Å². The molecule has 0 bridgehead atoms. The fraction of sp³-hybridized carbons (Fsp3) is 0.370. The summed E-state index contributed by atoms with van der Waals surface area (Å²) in [7, 11) is 1.40. The van der Waals surface area contributed by atoms with Crippen molar-refractivity contribution in [1.82, 2.24) is 4.90 Å². The maximum Gasteiger partial charge on any atom is 0.303 e. The minimum Gasteiger partial charge on any atom is -0.503 e. The lowest BCUT2D eigenvalue weighted by atomic mass is 9.59. The molecular formula is C27H22Br3NO8. The number of carboxylic acid groups (broad SMARTS) is 1. The minimum atomic E-state index is -1.01. The summed E-state index contributed by atoms with van der Waals surface area (Å²) in [5.74, 6) is -5.07. The Bertz CT molecular complexity index is 1460. The number of likely N-dealkylation sites (tertiary alicyclic amines) is 1. The molecule has 2 amide bonds. The lowest BCUT2D eigenvalue weighted by Gasteiger charge is -2.42. The number of allylic oxidation sites excluding steroid dienone is 6. The summed E-state index contributed by atoms with van der Waals surface area (Å²) in [6, 6.07) is 1.60. The maximum atomic E-state index is 13.6. The zero-order chi connectivity index (χ0) is 28.3. The van der Waals surface area contributed by atoms with Gasteiger partial charge in [0.2, 0.25) is 11.8 Å². The average Bonchev–Trinajstić information content (AvgIpc) is 3.14. The van der Waals surface area contributed by atoms with Crippen LogP contribution in [0, 0.1) is 17.8 Å². The number of rotatable bonds is 6. The number of halogens is 3. The molecule has 12 heteroatoms. The van der Waals surface area contributed by atoms with E-state index in [0.29, 0.717) is 20.1 Å². The number of hydrogen-bond acceptors (Lipinski definition) is 7. The molecule has 0 saturated carbocycles. The first-order valence-corrected chi connectivity index (χ1v) is 14.6. The van der Waals surface area contributed by atoms with Crippen LogP contribution in [0.3, 0.4) is 0 Å². The Hall–Kier alpha value is -2.57. The number of carbonyl (C=O) groups excluding carboxylic acids is 4. The highest BCUT2D eigenvalue weighted by atomic mass is 79.9. The van der Waals surface area contributed by atoms with Crippen LogP contribution in [0.25, 0.3) is 0 Å². The Morgan fingerprint density at radius 1 is 1.10 bits per heavy atom. The lowest BCUT2D eigenvalue weighted by molar-refractivity contribution is -0.142. The minimum absolute atomic E-state index is 0.00968. The van der Waals surface area contributed by atoms with Crippen molar-refractivity contribution in [1.29, 1.82) is 0 Å². The van der Waals surface area contributed by atoms with Gasteiger partial charge in [-0.25, -0.2) is 0 Å². The zero-order valence-electron chi connectivity index (χ0n) is 20.5. The monoisotopic (exact) mass is 725 g/mol. The van der Waals surface area contributed by atoms with E-state index < -0.39 is 29.6 Å². The van der Waals surface area contributed by atoms with Crippen LogP contribution in [-0.2, 0) is 24.0 Å². The Balaban J connectivity index is 1.65. The molecule has 0 unspecified atom stereocenters. The van der Waals surface area contributed by atoms with Crippen LogP contribution in [0.5, 0.6) is 11.5 Å². The molecule has 1 fully saturated rings. The van der Waals surface area contributed by atoms with Crippen molar-refractivity contribution in [2.75, 3.05) is 13.7 Å². The Morgan fingerprint density at radius 3 is 2.49 bits per heavy atom. The second-order valence-electron chi connectivity index (χ2n) is 9.86. The molecule has 4 aliphatic rings. The van der Waals surface area contributed by atoms with E-state index in [1.807, 2.05) is 6.08 Å². The summed E-state index contributed by atoms with van der Waals surface area (Å²) >= 11 is 10.1. The molecule has 0 aromatic heterocycles. The molecule has 0 spiro atoms. The number of phenolic OH excluding ortho intramolecular Hbond substituents is 1. The molecule has 1 aromatic carbocycles. The standard InChI is InChI=1S/C27H22Br3NO8/c1-39-17-8-13(22(29)23(30)25(17)36)19-10-4-5-11-20(27(38)31(26(11)37)6-2-3-18(33)34)12(10)7-14-21(19)16(32)9-15(28)24(14)35/h4,8-9,11-12,19-20,36H,2-3,5-7H2,1H3,(H,33,34)/t11-,12+,19+,20-/m0/s1. The largest absolute Gasteiger partial charge is 0.503 e. The first-order chi connectivity index (χ1) is 18.5. The summed E-state index contributed by atoms with van der Waals surface area (Å²) < 4.78 is 6.25. The van der Waals surface area contributed by atoms with Gasteiger partial charge in [0.25, 0.3) is 0 Å². The number of methoxy groups -OCH3 is 1. The highest BCUT2D eigenvalue weighted by Gasteiger charge is 2.56. The second-order valence-corrected chi connectivity index (χ2v) is 12.3. The van der Waals surface area contributed by atoms with E-state index >= 15 is 0 Å². The predicted molar refractivity (Wildman–Crippen MR) is 148 cm³/mol. The van der Waals surface area contributed by atoms with E-state index in [0.717, 1.165) is 10.5 Å². The van der Waals surface area contributed by atoms with Crippen molar-refractivity contribution < 1.29 is 38.9 Å². The quantitative estimate of drug-likeness (QED) is 0.248. The van der Waals surface area contributed by atoms with Crippen LogP contribution in [-0.4, -0.2) is 58.1 Å². The number of benzene rings is 1. The molecule has 9 nitrogen and oxygen atoms in total. The number of aromatic hydroxyl groups is 1. The fourth-order valence-corrected chi connectivity index (χ4v) is 7.62. The van der Waals surface area contributed by atoms with E-state index in [2.05, 4.69) is 47.8 Å². The topological polar surface area (TPSA) is 138 Å². The van der Waals surface area contributed by atoms with Crippen molar-refractivity contribution in [3.63, 3.8) is 0 Å². The van der Waals surface area contributed by atoms with Gasteiger partial charge in [0.05, 0.1) is 27.9 Å². The summed E-state index contributed by atoms with van der Waals surface area (Å²) in [6.07, 6.45) is 3.49. The van der Waals surface area contributed by atoms with E-state index in [1.165, 1.54) is 13.2 Å². The Kier molecular flexibility index (Phi) is 7.49. The molecule has 0 radical (unpaired) electrons. The van der Waals surface area contributed by atoms with Crippen molar-refractivity contribution in [3.05, 3.63) is 53.9 Å². The molecule has 4 atom stereocenters. The summed E-state index contributed by atoms with van der Waals surface area (Å²) in [4.78, 5) is 65.7. The van der Waals surface area contributed by atoms with Gasteiger partial charge in [0.15, 0.2) is 23.1 Å². The number of imide groups is 1. The average molecular weight is 728 g/mol. The summed E-state index contributed by atoms with van der Waals surface area (Å²) in [6.45, 7) is 0.00968. The zero-order valence-corrected chi connectivity index (χ0v) is 25.3. The molecule has 5 rings (SSSR count). The fourth-order valence-electron chi connectivity index (χ4n) is 6.21. The number of ketones is 2. The van der Waals surface area contributed by atoms with Crippen LogP contribution >= 0.6 is 47.8 Å². The second kappa shape index (κ2) is 10.4. The number of phenols is 1. The van der Waals surface area contributed by atoms with Gasteiger partial charge in [-0.3, -0.25) is 28.9 Å². The van der Waals surface area contributed by atoms with E-state index in [1.54, 1.807) is 6.07 Å². The van der Waals surface area contributed by atoms with Crippen LogP contribution in [0.2, 0.25) is 0 Å². The van der Waals surface area contributed by atoms with E-state index in [9.17, 15) is 29.1 Å². The molecular weight excluding hydrogens is 706 g/mol. The molecule has 1 aliphatic heterocycles. The van der Waals surface area contributed by atoms with Gasteiger partial charge in [-0.2, -0.15) is 0 Å². The maximum absolute atomic E-state index is 13.6. The third-order valence-electron chi connectivity index (χ3n) is 7.90. The molecule has 1 heterocycles. The highest BCUT2D eigenvalue weighted by Crippen LogP contribution is 2.57. The van der Waals surface area contributed by atoms with Crippen molar-refractivity contribution in [2.24, 2.45) is 17.8 Å². The van der Waals surface area contributed by atoms with Crippen molar-refractivity contribution in [3.8, 4) is 11.5 Å². The molecule has 1 saturated heterocycles. The number of carboxylic acids is 1. The number of ether oxygens (including phenoxy) is 1. The Morgan fingerprint density at radius 2 is 1.82 bits per heavy atom. The third-order valence-corrected chi connectivity index (χ3v) is 10.6. The smallest absolute Gasteiger partial charge is 0.303 e. The third kappa shape index (κ3) is 4.44. The number of Topliss-reactive ketones (excluding diaryl/α,β-unsaturated/α-hetero) is 1. The molecule has 39 heavy (non-hydrogen) atoms. The Labute approximate surface area is 248 Å². The first kappa shape index (κ1) is 28.0. The van der Waals surface area contributed by atoms with Crippen LogP contribution in [0.4, 0.5) is 0 Å². The van der Waals surface area contributed by atoms with Gasteiger partial charge in [0, 0.05) is 40.6 Å². The van der Waals surface area contributed by atoms with Crippen molar-refractivity contribution in [2.45, 2.75) is 31.6 Å². The predicted octanol–water partition coefficient (Wildman–Crippen LogP) is 4.55. The number of amides is 2. The van der Waals surface area contributed by atoms with Gasteiger partial charge in [-0.05, 0) is 84.6 Å². The van der Waals surface area contributed by atoms with Gasteiger partial charge >= 0.3 is 5.97 Å². The number of carbonyl (C=O) groups is 5. The SMILES string of the molecule is COc1cc([C@H]2C3=CC[C@@H]4C(=O)N(CCCC(=O)O)C(=O)[C@@H]4[C@@H]3CC3=C2C(=O)C=C(Br)C3=O)c(Br)c(Br)c1O. The van der Waals surface area contributed by atoms with Gasteiger partial charge in [-0.15, -0.1) is 0 Å². The number of hydrogen-bond donors (Lipinski definition) is 2. The van der Waals surface area contributed by atoms with Crippen LogP contribution in [0.15, 0.2) is 48.4 Å². The summed E-state index contributed by atoms with van der Waals surface area (Å²) in [5.41, 5.74) is 1.87. The number of aliphatic carboxylic acids is 1. The molecule has 2 N–H and O–H groups in total. The summed E-state index contributed by atoms with van der Waals surface area (Å²) in [5, 5.41) is 19.5. The van der Waals surface area contributed by atoms with Gasteiger partial charge in [-0.1, -0.05) is 11.6 Å². The van der Waals surface area contributed by atoms with Gasteiger partial charge < -0.3 is 14.9 Å². The number of fused-ring (bicyclic) bond motifs is 3. The molecule has 204 valence electrons. The van der Waals surface area contributed by atoms with Gasteiger partial charge in [0.1, 0.15) is 0 Å². The lowest BCUT2D eigenvalue weighted by Crippen LogP contribution is -2.39.